The number of carbonyl (C=O) groups is 1. The number of hydrogen-bond acceptors (Lipinski definition) is 1. The molecule has 158 valence electrons. The van der Waals surface area contributed by atoms with Crippen LogP contribution in [0.1, 0.15) is 105 Å². The van der Waals surface area contributed by atoms with Crippen molar-refractivity contribution in [3.05, 3.63) is 11.6 Å². The predicted molar refractivity (Wildman–Crippen MR) is 118 cm³/mol. The minimum Gasteiger partial charge on any atom is -0.295 e. The maximum Gasteiger partial charge on any atom is 0.155 e. The Balaban J connectivity index is 1.49. The maximum atomic E-state index is 12.0. The van der Waals surface area contributed by atoms with E-state index in [0.29, 0.717) is 16.6 Å². The molecule has 0 spiro atoms. The Labute approximate surface area is 174 Å². The Kier molecular flexibility index (Phi) is 5.60. The quantitative estimate of drug-likeness (QED) is 0.477. The van der Waals surface area contributed by atoms with Gasteiger partial charge in [-0.05, 0) is 97.4 Å². The average Bonchev–Trinajstić information content (AvgIpc) is 2.99. The standard InChI is InChI=1S/C27H44O/c1-18(2)7-6-8-19(3)23-11-12-24-22-10-9-20-17-21(28)13-15-26(20,4)25(22)14-16-27(23,24)5/h17-19,22-25H,6-16H2,1-5H3/t19-,22+,23-,24+,25+,26-,27-/m0/s1. The van der Waals surface area contributed by atoms with Gasteiger partial charge in [-0.15, -0.1) is 0 Å². The number of rotatable bonds is 5. The second-order valence-corrected chi connectivity index (χ2v) is 12.0. The smallest absolute Gasteiger partial charge is 0.155 e. The number of carbonyl (C=O) groups excluding carboxylic acids is 1. The molecule has 4 aliphatic rings. The highest BCUT2D eigenvalue weighted by molar-refractivity contribution is 5.91. The maximum absolute atomic E-state index is 12.0. The molecule has 0 aromatic heterocycles. The molecule has 4 aliphatic carbocycles. The highest BCUT2D eigenvalue weighted by atomic mass is 16.1. The lowest BCUT2D eigenvalue weighted by atomic mass is 9.46. The second-order valence-electron chi connectivity index (χ2n) is 12.0. The summed E-state index contributed by atoms with van der Waals surface area (Å²) in [6.07, 6.45) is 16.6. The van der Waals surface area contributed by atoms with Gasteiger partial charge in [-0.3, -0.25) is 4.79 Å². The van der Waals surface area contributed by atoms with Crippen molar-refractivity contribution in [3.63, 3.8) is 0 Å². The van der Waals surface area contributed by atoms with E-state index < -0.39 is 0 Å². The lowest BCUT2D eigenvalue weighted by Gasteiger charge is -2.58. The summed E-state index contributed by atoms with van der Waals surface area (Å²) < 4.78 is 0. The van der Waals surface area contributed by atoms with Crippen molar-refractivity contribution in [3.8, 4) is 0 Å². The van der Waals surface area contributed by atoms with Crippen LogP contribution in [0.15, 0.2) is 11.6 Å². The highest BCUT2D eigenvalue weighted by Crippen LogP contribution is 2.67. The number of hydrogen-bond donors (Lipinski definition) is 0. The molecule has 1 nitrogen and oxygen atoms in total. The molecule has 0 radical (unpaired) electrons. The molecule has 3 fully saturated rings. The van der Waals surface area contributed by atoms with E-state index in [1.54, 1.807) is 0 Å². The zero-order chi connectivity index (χ0) is 20.1. The minimum atomic E-state index is 0.332. The third-order valence-corrected chi connectivity index (χ3v) is 10.2. The van der Waals surface area contributed by atoms with E-state index in [0.717, 1.165) is 48.3 Å². The van der Waals surface area contributed by atoms with Crippen LogP contribution in [0.3, 0.4) is 0 Å². The Morgan fingerprint density at radius 2 is 1.75 bits per heavy atom. The Morgan fingerprint density at radius 1 is 0.964 bits per heavy atom. The first kappa shape index (κ1) is 20.7. The van der Waals surface area contributed by atoms with Crippen molar-refractivity contribution in [2.45, 2.75) is 105 Å². The number of ketones is 1. The molecule has 0 saturated heterocycles. The zero-order valence-electron chi connectivity index (χ0n) is 19.2. The lowest BCUT2D eigenvalue weighted by Crippen LogP contribution is -2.50. The van der Waals surface area contributed by atoms with Crippen LogP contribution in [0.5, 0.6) is 0 Å². The van der Waals surface area contributed by atoms with Crippen molar-refractivity contribution in [2.24, 2.45) is 46.3 Å². The van der Waals surface area contributed by atoms with Crippen molar-refractivity contribution in [1.29, 1.82) is 0 Å². The minimum absolute atomic E-state index is 0.332. The van der Waals surface area contributed by atoms with E-state index in [-0.39, 0.29) is 0 Å². The first-order valence-corrected chi connectivity index (χ1v) is 12.5. The molecule has 0 unspecified atom stereocenters. The van der Waals surface area contributed by atoms with Gasteiger partial charge in [0.15, 0.2) is 5.78 Å². The van der Waals surface area contributed by atoms with Gasteiger partial charge < -0.3 is 0 Å². The molecule has 0 bridgehead atoms. The third-order valence-electron chi connectivity index (χ3n) is 10.2. The molecule has 0 amide bonds. The topological polar surface area (TPSA) is 17.1 Å². The van der Waals surface area contributed by atoms with Gasteiger partial charge in [0.05, 0.1) is 0 Å². The van der Waals surface area contributed by atoms with Gasteiger partial charge in [0.1, 0.15) is 0 Å². The lowest BCUT2D eigenvalue weighted by molar-refractivity contribution is -0.117. The van der Waals surface area contributed by atoms with Crippen LogP contribution in [-0.2, 0) is 4.79 Å². The first-order valence-electron chi connectivity index (χ1n) is 12.5. The first-order chi connectivity index (χ1) is 13.3. The summed E-state index contributed by atoms with van der Waals surface area (Å²) in [5.41, 5.74) is 2.43. The normalized spacial score (nSPS) is 43.9. The van der Waals surface area contributed by atoms with E-state index in [4.69, 9.17) is 0 Å². The van der Waals surface area contributed by atoms with Crippen molar-refractivity contribution in [2.75, 3.05) is 0 Å². The Hall–Kier alpha value is -0.590. The van der Waals surface area contributed by atoms with E-state index in [2.05, 4.69) is 40.7 Å². The van der Waals surface area contributed by atoms with Crippen LogP contribution >= 0.6 is 0 Å². The van der Waals surface area contributed by atoms with Crippen molar-refractivity contribution < 1.29 is 4.79 Å². The van der Waals surface area contributed by atoms with Crippen LogP contribution in [0, 0.1) is 46.3 Å². The number of allylic oxidation sites excluding steroid dienone is 1. The molecule has 1 heteroatoms. The molecule has 0 heterocycles. The van der Waals surface area contributed by atoms with Crippen LogP contribution in [-0.4, -0.2) is 5.78 Å². The third kappa shape index (κ3) is 3.33. The summed E-state index contributed by atoms with van der Waals surface area (Å²) in [6, 6.07) is 0. The van der Waals surface area contributed by atoms with Crippen LogP contribution in [0.4, 0.5) is 0 Å². The van der Waals surface area contributed by atoms with Gasteiger partial charge >= 0.3 is 0 Å². The van der Waals surface area contributed by atoms with Gasteiger partial charge in [0, 0.05) is 6.42 Å². The van der Waals surface area contributed by atoms with Crippen LogP contribution in [0.2, 0.25) is 0 Å². The summed E-state index contributed by atoms with van der Waals surface area (Å²) in [5, 5.41) is 0. The van der Waals surface area contributed by atoms with Gasteiger partial charge in [-0.2, -0.15) is 0 Å². The SMILES string of the molecule is CC(C)CCC[C@H](C)[C@@H]1CC[C@@H]2[C@H]3CCC4=CC(=O)CC[C@]4(C)[C@@H]3CC[C@]21C. The summed E-state index contributed by atoms with van der Waals surface area (Å²) >= 11 is 0. The molecule has 28 heavy (non-hydrogen) atoms. The predicted octanol–water partition coefficient (Wildman–Crippen LogP) is 7.60. The summed E-state index contributed by atoms with van der Waals surface area (Å²) in [7, 11) is 0. The average molecular weight is 385 g/mol. The summed E-state index contributed by atoms with van der Waals surface area (Å²) in [5.74, 6) is 5.79. The monoisotopic (exact) mass is 384 g/mol. The van der Waals surface area contributed by atoms with Gasteiger partial charge in [0.2, 0.25) is 0 Å². The fraction of sp³-hybridized carbons (Fsp3) is 0.889. The van der Waals surface area contributed by atoms with E-state index in [9.17, 15) is 4.79 Å². The van der Waals surface area contributed by atoms with Gasteiger partial charge in [-0.1, -0.05) is 59.5 Å². The molecule has 7 atom stereocenters. The molecule has 0 N–H and O–H groups in total. The highest BCUT2D eigenvalue weighted by Gasteiger charge is 2.59. The van der Waals surface area contributed by atoms with Crippen LogP contribution in [0.25, 0.3) is 0 Å². The second kappa shape index (κ2) is 7.59. The fourth-order valence-electron chi connectivity index (χ4n) is 8.58. The van der Waals surface area contributed by atoms with Crippen molar-refractivity contribution >= 4 is 5.78 Å². The molecular weight excluding hydrogens is 340 g/mol. The molecule has 0 aliphatic heterocycles. The van der Waals surface area contributed by atoms with Gasteiger partial charge in [0.25, 0.3) is 0 Å². The zero-order valence-corrected chi connectivity index (χ0v) is 19.2. The summed E-state index contributed by atoms with van der Waals surface area (Å²) in [6.45, 7) is 12.5. The van der Waals surface area contributed by atoms with Gasteiger partial charge in [-0.25, -0.2) is 0 Å². The molecule has 3 saturated carbocycles. The molecular formula is C27H44O. The molecule has 0 aromatic rings. The largest absolute Gasteiger partial charge is 0.295 e. The number of fused-ring (bicyclic) bond motifs is 5. The summed E-state index contributed by atoms with van der Waals surface area (Å²) in [4.78, 5) is 12.0. The Bertz CT molecular complexity index is 630. The van der Waals surface area contributed by atoms with E-state index in [1.807, 2.05) is 0 Å². The molecule has 4 rings (SSSR count). The van der Waals surface area contributed by atoms with E-state index in [1.165, 1.54) is 63.4 Å². The van der Waals surface area contributed by atoms with Crippen LogP contribution < -0.4 is 0 Å². The fourth-order valence-corrected chi connectivity index (χ4v) is 8.58. The van der Waals surface area contributed by atoms with E-state index >= 15 is 0 Å². The Morgan fingerprint density at radius 3 is 2.50 bits per heavy atom. The van der Waals surface area contributed by atoms with Crippen molar-refractivity contribution in [1.82, 2.24) is 0 Å². The molecule has 0 aromatic carbocycles.